The van der Waals surface area contributed by atoms with Gasteiger partial charge in [0.15, 0.2) is 0 Å². The summed E-state index contributed by atoms with van der Waals surface area (Å²) in [7, 11) is -3.49. The number of nitrogens with zero attached hydrogens (tertiary/aromatic N) is 1. The summed E-state index contributed by atoms with van der Waals surface area (Å²) in [6, 6.07) is 5.37. The molecule has 2 aromatic rings. The number of hydrogen-bond donors (Lipinski definition) is 2. The van der Waals surface area contributed by atoms with Gasteiger partial charge < -0.3 is 5.32 Å². The Bertz CT molecular complexity index is 681. The van der Waals surface area contributed by atoms with Crippen LogP contribution in [0.1, 0.15) is 22.2 Å². The molecule has 5 nitrogen and oxygen atoms in total. The Morgan fingerprint density at radius 3 is 2.81 bits per heavy atom. The van der Waals surface area contributed by atoms with E-state index in [1.165, 1.54) is 11.3 Å². The predicted octanol–water partition coefficient (Wildman–Crippen LogP) is 2.04. The van der Waals surface area contributed by atoms with Crippen LogP contribution in [-0.4, -0.2) is 19.9 Å². The molecule has 0 saturated heterocycles. The molecule has 0 amide bonds. The summed E-state index contributed by atoms with van der Waals surface area (Å²) in [5.41, 5.74) is 0.835. The van der Waals surface area contributed by atoms with E-state index in [0.717, 1.165) is 21.9 Å². The van der Waals surface area contributed by atoms with Crippen molar-refractivity contribution < 1.29 is 8.42 Å². The van der Waals surface area contributed by atoms with Crippen LogP contribution in [0.3, 0.4) is 0 Å². The zero-order chi connectivity index (χ0) is 15.3. The normalized spacial score (nSPS) is 11.7. The van der Waals surface area contributed by atoms with Gasteiger partial charge in [0.1, 0.15) is 0 Å². The fraction of sp³-hybridized carbons (Fsp3) is 0.357. The summed E-state index contributed by atoms with van der Waals surface area (Å²) < 4.78 is 27.4. The highest BCUT2D eigenvalue weighted by atomic mass is 32.2. The number of aryl methyl sites for hydroxylation is 1. The summed E-state index contributed by atoms with van der Waals surface area (Å²) in [4.78, 5) is 6.17. The van der Waals surface area contributed by atoms with Crippen molar-refractivity contribution in [2.24, 2.45) is 0 Å². The molecule has 0 aliphatic heterocycles. The fourth-order valence-electron chi connectivity index (χ4n) is 1.89. The van der Waals surface area contributed by atoms with Crippen molar-refractivity contribution in [3.8, 4) is 0 Å². The third-order valence-electron chi connectivity index (χ3n) is 2.95. The van der Waals surface area contributed by atoms with E-state index in [1.54, 1.807) is 24.5 Å². The molecule has 21 heavy (non-hydrogen) atoms. The average molecular weight is 325 g/mol. The minimum atomic E-state index is -3.49. The van der Waals surface area contributed by atoms with Gasteiger partial charge in [0.25, 0.3) is 0 Å². The van der Waals surface area contributed by atoms with Crippen LogP contribution in [0.4, 0.5) is 0 Å². The van der Waals surface area contributed by atoms with Crippen molar-refractivity contribution in [2.75, 3.05) is 6.54 Å². The van der Waals surface area contributed by atoms with E-state index in [9.17, 15) is 8.42 Å². The quantitative estimate of drug-likeness (QED) is 0.817. The summed E-state index contributed by atoms with van der Waals surface area (Å²) in [6.07, 6.45) is 3.31. The average Bonchev–Trinajstić information content (AvgIpc) is 2.86. The second kappa shape index (κ2) is 7.13. The Kier molecular flexibility index (Phi) is 5.46. The van der Waals surface area contributed by atoms with Gasteiger partial charge in [-0.05, 0) is 31.2 Å². The second-order valence-corrected chi connectivity index (χ2v) is 7.68. The Morgan fingerprint density at radius 1 is 1.33 bits per heavy atom. The molecule has 0 unspecified atom stereocenters. The Morgan fingerprint density at radius 2 is 2.14 bits per heavy atom. The molecular weight excluding hydrogens is 306 g/mol. The number of rotatable bonds is 7. The van der Waals surface area contributed by atoms with Gasteiger partial charge in [-0.25, -0.2) is 13.1 Å². The second-order valence-electron chi connectivity index (χ2n) is 4.60. The molecule has 0 aromatic carbocycles. The SMILES string of the molecule is CCNCc1cc(S(=O)(=O)NCc2cccnc2)c(C)s1. The smallest absolute Gasteiger partial charge is 0.241 e. The molecule has 2 rings (SSSR count). The van der Waals surface area contributed by atoms with Gasteiger partial charge in [0.05, 0.1) is 4.90 Å². The first-order valence-corrected chi connectivity index (χ1v) is 9.01. The maximum atomic E-state index is 12.4. The first kappa shape index (κ1) is 16.1. The molecule has 0 fully saturated rings. The largest absolute Gasteiger partial charge is 0.312 e. The lowest BCUT2D eigenvalue weighted by molar-refractivity contribution is 0.581. The third-order valence-corrected chi connectivity index (χ3v) is 5.66. The molecule has 0 bridgehead atoms. The molecule has 0 spiro atoms. The first-order valence-electron chi connectivity index (χ1n) is 6.71. The standard InChI is InChI=1S/C14H19N3O2S2/c1-3-15-10-13-7-14(11(2)20-13)21(18,19)17-9-12-5-4-6-16-8-12/h4-8,15,17H,3,9-10H2,1-2H3. The van der Waals surface area contributed by atoms with Crippen molar-refractivity contribution >= 4 is 21.4 Å². The highest BCUT2D eigenvalue weighted by Crippen LogP contribution is 2.25. The van der Waals surface area contributed by atoms with Crippen molar-refractivity contribution in [2.45, 2.75) is 31.8 Å². The number of thiophene rings is 1. The molecule has 0 saturated carbocycles. The molecule has 2 heterocycles. The van der Waals surface area contributed by atoms with Crippen LogP contribution in [0.2, 0.25) is 0 Å². The summed E-state index contributed by atoms with van der Waals surface area (Å²) in [5, 5.41) is 3.20. The monoisotopic (exact) mass is 325 g/mol. The zero-order valence-electron chi connectivity index (χ0n) is 12.1. The van der Waals surface area contributed by atoms with E-state index in [4.69, 9.17) is 0 Å². The van der Waals surface area contributed by atoms with Gasteiger partial charge >= 0.3 is 0 Å². The lowest BCUT2D eigenvalue weighted by Crippen LogP contribution is -2.23. The zero-order valence-corrected chi connectivity index (χ0v) is 13.7. The molecule has 0 aliphatic carbocycles. The van der Waals surface area contributed by atoms with Crippen LogP contribution >= 0.6 is 11.3 Å². The van der Waals surface area contributed by atoms with Crippen molar-refractivity contribution in [1.29, 1.82) is 0 Å². The van der Waals surface area contributed by atoms with Crippen molar-refractivity contribution in [1.82, 2.24) is 15.0 Å². The topological polar surface area (TPSA) is 71.1 Å². The maximum absolute atomic E-state index is 12.4. The molecule has 7 heteroatoms. The van der Waals surface area contributed by atoms with Crippen LogP contribution in [0, 0.1) is 6.92 Å². The van der Waals surface area contributed by atoms with E-state index in [2.05, 4.69) is 15.0 Å². The fourth-order valence-corrected chi connectivity index (χ4v) is 4.51. The maximum Gasteiger partial charge on any atom is 0.241 e. The number of hydrogen-bond acceptors (Lipinski definition) is 5. The van der Waals surface area contributed by atoms with Gasteiger partial charge in [0.2, 0.25) is 10.0 Å². The molecule has 0 aliphatic rings. The number of pyridine rings is 1. The van der Waals surface area contributed by atoms with Crippen LogP contribution < -0.4 is 10.0 Å². The minimum Gasteiger partial charge on any atom is -0.312 e. The highest BCUT2D eigenvalue weighted by molar-refractivity contribution is 7.89. The highest BCUT2D eigenvalue weighted by Gasteiger charge is 2.19. The molecule has 0 radical (unpaired) electrons. The summed E-state index contributed by atoms with van der Waals surface area (Å²) in [5.74, 6) is 0. The Labute approximate surface area is 129 Å². The van der Waals surface area contributed by atoms with Gasteiger partial charge in [-0.1, -0.05) is 13.0 Å². The van der Waals surface area contributed by atoms with E-state index in [1.807, 2.05) is 19.9 Å². The minimum absolute atomic E-state index is 0.244. The predicted molar refractivity (Wildman–Crippen MR) is 84.7 cm³/mol. The van der Waals surface area contributed by atoms with E-state index < -0.39 is 10.0 Å². The van der Waals surface area contributed by atoms with Gasteiger partial charge in [-0.2, -0.15) is 0 Å². The molecular formula is C14H19N3O2S2. The van der Waals surface area contributed by atoms with E-state index in [0.29, 0.717) is 11.4 Å². The molecule has 2 aromatic heterocycles. The number of nitrogens with one attached hydrogen (secondary N) is 2. The molecule has 114 valence electrons. The van der Waals surface area contributed by atoms with E-state index >= 15 is 0 Å². The number of sulfonamides is 1. The molecule has 0 atom stereocenters. The summed E-state index contributed by atoms with van der Waals surface area (Å²) in [6.45, 7) is 5.65. The number of aromatic nitrogens is 1. The molecule has 2 N–H and O–H groups in total. The van der Waals surface area contributed by atoms with Gasteiger partial charge in [-0.15, -0.1) is 11.3 Å². The van der Waals surface area contributed by atoms with Crippen LogP contribution in [-0.2, 0) is 23.1 Å². The lowest BCUT2D eigenvalue weighted by Gasteiger charge is -2.05. The Hall–Kier alpha value is -1.28. The first-order chi connectivity index (χ1) is 10.0. The summed E-state index contributed by atoms with van der Waals surface area (Å²) >= 11 is 1.51. The van der Waals surface area contributed by atoms with Crippen molar-refractivity contribution in [3.63, 3.8) is 0 Å². The van der Waals surface area contributed by atoms with Crippen LogP contribution in [0.25, 0.3) is 0 Å². The van der Waals surface area contributed by atoms with Gasteiger partial charge in [-0.3, -0.25) is 4.98 Å². The Balaban J connectivity index is 2.10. The van der Waals surface area contributed by atoms with Crippen LogP contribution in [0.5, 0.6) is 0 Å². The lowest BCUT2D eigenvalue weighted by atomic mass is 10.3. The van der Waals surface area contributed by atoms with Gasteiger partial charge in [0, 0.05) is 35.2 Å². The van der Waals surface area contributed by atoms with E-state index in [-0.39, 0.29) is 6.54 Å². The third kappa shape index (κ3) is 4.34. The van der Waals surface area contributed by atoms with Crippen LogP contribution in [0.15, 0.2) is 35.5 Å². The van der Waals surface area contributed by atoms with Crippen molar-refractivity contribution in [3.05, 3.63) is 45.9 Å².